The molecule has 1 aliphatic rings. The normalized spacial score (nSPS) is 22.2. The van der Waals surface area contributed by atoms with E-state index in [0.29, 0.717) is 12.8 Å². The molecule has 138 valence electrons. The molecule has 1 amide bonds. The van der Waals surface area contributed by atoms with Gasteiger partial charge in [-0.25, -0.2) is 0 Å². The number of benzene rings is 2. The van der Waals surface area contributed by atoms with Gasteiger partial charge in [-0.05, 0) is 37.0 Å². The highest BCUT2D eigenvalue weighted by molar-refractivity contribution is 5.89. The van der Waals surface area contributed by atoms with E-state index < -0.39 is 23.6 Å². The molecule has 1 heterocycles. The lowest BCUT2D eigenvalue weighted by Gasteiger charge is -2.39. The Kier molecular flexibility index (Phi) is 5.59. The summed E-state index contributed by atoms with van der Waals surface area (Å²) in [4.78, 5) is 14.5. The monoisotopic (exact) mass is 353 g/mol. The third-order valence-electron chi connectivity index (χ3n) is 5.37. The lowest BCUT2D eigenvalue weighted by Crippen LogP contribution is -2.57. The Morgan fingerprint density at radius 3 is 2.35 bits per heavy atom. The van der Waals surface area contributed by atoms with Crippen molar-refractivity contribution in [1.29, 1.82) is 0 Å². The molecule has 3 rings (SSSR count). The van der Waals surface area contributed by atoms with Gasteiger partial charge in [-0.3, -0.25) is 4.79 Å². The molecule has 26 heavy (non-hydrogen) atoms. The third kappa shape index (κ3) is 3.74. The first-order chi connectivity index (χ1) is 12.5. The van der Waals surface area contributed by atoms with E-state index in [1.807, 2.05) is 65.6 Å². The quantitative estimate of drug-likeness (QED) is 0.708. The van der Waals surface area contributed by atoms with E-state index in [-0.39, 0.29) is 6.42 Å². The van der Waals surface area contributed by atoms with Gasteiger partial charge in [0, 0.05) is 24.7 Å². The molecule has 0 saturated carbocycles. The molecule has 5 nitrogen and oxygen atoms in total. The van der Waals surface area contributed by atoms with Crippen molar-refractivity contribution < 1.29 is 9.90 Å². The van der Waals surface area contributed by atoms with Crippen molar-refractivity contribution in [2.24, 2.45) is 11.5 Å². The van der Waals surface area contributed by atoms with Gasteiger partial charge in [0.2, 0.25) is 5.91 Å². The Balaban J connectivity index is 1.78. The summed E-state index contributed by atoms with van der Waals surface area (Å²) in [7, 11) is 0. The largest absolute Gasteiger partial charge is 0.391 e. The van der Waals surface area contributed by atoms with E-state index in [1.165, 1.54) is 0 Å². The summed E-state index contributed by atoms with van der Waals surface area (Å²) < 4.78 is 0. The van der Waals surface area contributed by atoms with Crippen molar-refractivity contribution in [2.45, 2.75) is 43.4 Å². The molecule has 0 aromatic heterocycles. The maximum atomic E-state index is 12.5. The fourth-order valence-electron chi connectivity index (χ4n) is 3.95. The van der Waals surface area contributed by atoms with E-state index in [4.69, 9.17) is 11.5 Å². The second-order valence-corrected chi connectivity index (χ2v) is 7.11. The number of nitrogens with two attached hydrogens (primary N) is 2. The van der Waals surface area contributed by atoms with Crippen LogP contribution in [0.25, 0.3) is 0 Å². The van der Waals surface area contributed by atoms with Crippen LogP contribution in [-0.2, 0) is 11.2 Å². The van der Waals surface area contributed by atoms with Crippen LogP contribution in [0.4, 0.5) is 5.69 Å². The van der Waals surface area contributed by atoms with Gasteiger partial charge in [0.25, 0.3) is 0 Å². The number of hydrogen-bond donors (Lipinski definition) is 3. The molecule has 3 atom stereocenters. The van der Waals surface area contributed by atoms with Crippen LogP contribution < -0.4 is 16.4 Å². The molecular formula is C21H27N3O2. The van der Waals surface area contributed by atoms with Gasteiger partial charge in [0.15, 0.2) is 0 Å². The number of amides is 1. The van der Waals surface area contributed by atoms with Crippen molar-refractivity contribution >= 4 is 11.6 Å². The topological polar surface area (TPSA) is 92.6 Å². The van der Waals surface area contributed by atoms with Gasteiger partial charge in [-0.2, -0.15) is 0 Å². The minimum Gasteiger partial charge on any atom is -0.391 e. The van der Waals surface area contributed by atoms with E-state index in [2.05, 4.69) is 0 Å². The van der Waals surface area contributed by atoms with Crippen molar-refractivity contribution in [1.82, 2.24) is 0 Å². The van der Waals surface area contributed by atoms with Gasteiger partial charge in [-0.15, -0.1) is 0 Å². The first-order valence-corrected chi connectivity index (χ1v) is 9.13. The summed E-state index contributed by atoms with van der Waals surface area (Å²) in [6.45, 7) is 0.744. The van der Waals surface area contributed by atoms with E-state index >= 15 is 0 Å². The summed E-state index contributed by atoms with van der Waals surface area (Å²) in [5.41, 5.74) is 13.2. The molecule has 0 aliphatic carbocycles. The van der Waals surface area contributed by atoms with Crippen LogP contribution in [0.5, 0.6) is 0 Å². The Labute approximate surface area is 154 Å². The SMILES string of the molecule is NC(=O)[C@]1(C[C@@H](O)[C@@H](N)Cc2ccccc2)CCCN1c1ccccc1. The second kappa shape index (κ2) is 7.89. The predicted octanol–water partition coefficient (Wildman–Crippen LogP) is 1.83. The number of nitrogens with zero attached hydrogens (tertiary/aromatic N) is 1. The highest BCUT2D eigenvalue weighted by atomic mass is 16.3. The van der Waals surface area contributed by atoms with Crippen LogP contribution in [0.2, 0.25) is 0 Å². The highest BCUT2D eigenvalue weighted by Gasteiger charge is 2.48. The summed E-state index contributed by atoms with van der Waals surface area (Å²) in [6, 6.07) is 19.1. The van der Waals surface area contributed by atoms with E-state index in [9.17, 15) is 9.90 Å². The molecule has 1 fully saturated rings. The Bertz CT molecular complexity index is 723. The second-order valence-electron chi connectivity index (χ2n) is 7.11. The van der Waals surface area contributed by atoms with Gasteiger partial charge in [0.05, 0.1) is 6.10 Å². The smallest absolute Gasteiger partial charge is 0.243 e. The summed E-state index contributed by atoms with van der Waals surface area (Å²) in [6.07, 6.45) is 1.48. The number of primary amides is 1. The van der Waals surface area contributed by atoms with Crippen LogP contribution in [0.3, 0.4) is 0 Å². The molecule has 0 radical (unpaired) electrons. The number of hydrogen-bond acceptors (Lipinski definition) is 4. The number of para-hydroxylation sites is 1. The van der Waals surface area contributed by atoms with Gasteiger partial charge >= 0.3 is 0 Å². The third-order valence-corrected chi connectivity index (χ3v) is 5.37. The fourth-order valence-corrected chi connectivity index (χ4v) is 3.95. The first kappa shape index (κ1) is 18.4. The number of aliphatic hydroxyl groups is 1. The number of carbonyl (C=O) groups excluding carboxylic acids is 1. The zero-order valence-electron chi connectivity index (χ0n) is 14.9. The zero-order chi connectivity index (χ0) is 18.6. The van der Waals surface area contributed by atoms with Crippen LogP contribution >= 0.6 is 0 Å². The minimum atomic E-state index is -0.894. The van der Waals surface area contributed by atoms with Crippen molar-refractivity contribution in [2.75, 3.05) is 11.4 Å². The molecule has 5 heteroatoms. The molecule has 0 unspecified atom stereocenters. The molecule has 2 aromatic carbocycles. The first-order valence-electron chi connectivity index (χ1n) is 9.13. The summed E-state index contributed by atoms with van der Waals surface area (Å²) >= 11 is 0. The maximum absolute atomic E-state index is 12.5. The van der Waals surface area contributed by atoms with Gasteiger partial charge in [-0.1, -0.05) is 48.5 Å². The highest BCUT2D eigenvalue weighted by Crippen LogP contribution is 2.37. The van der Waals surface area contributed by atoms with E-state index in [0.717, 1.165) is 24.2 Å². The standard InChI is InChI=1S/C21H27N3O2/c22-18(14-16-8-3-1-4-9-16)19(25)15-21(20(23)26)12-7-13-24(21)17-10-5-2-6-11-17/h1-6,8-11,18-19,25H,7,12-15,22H2,(H2,23,26)/t18-,19+,21+/m0/s1. The lowest BCUT2D eigenvalue weighted by molar-refractivity contribution is -0.124. The lowest BCUT2D eigenvalue weighted by atomic mass is 9.84. The maximum Gasteiger partial charge on any atom is 0.243 e. The molecular weight excluding hydrogens is 326 g/mol. The van der Waals surface area contributed by atoms with Crippen molar-refractivity contribution in [3.05, 3.63) is 66.2 Å². The fraction of sp³-hybridized carbons (Fsp3) is 0.381. The Morgan fingerprint density at radius 2 is 1.73 bits per heavy atom. The van der Waals surface area contributed by atoms with Gasteiger partial charge in [0.1, 0.15) is 5.54 Å². The predicted molar refractivity (Wildman–Crippen MR) is 104 cm³/mol. The number of carbonyl (C=O) groups is 1. The minimum absolute atomic E-state index is 0.241. The average molecular weight is 353 g/mol. The van der Waals surface area contributed by atoms with Gasteiger partial charge < -0.3 is 21.5 Å². The molecule has 0 bridgehead atoms. The molecule has 5 N–H and O–H groups in total. The number of rotatable bonds is 7. The van der Waals surface area contributed by atoms with Crippen LogP contribution in [0.1, 0.15) is 24.8 Å². The van der Waals surface area contributed by atoms with E-state index in [1.54, 1.807) is 0 Å². The number of anilines is 1. The van der Waals surface area contributed by atoms with Crippen LogP contribution in [0, 0.1) is 0 Å². The van der Waals surface area contributed by atoms with Crippen molar-refractivity contribution in [3.8, 4) is 0 Å². The van der Waals surface area contributed by atoms with Crippen LogP contribution in [0.15, 0.2) is 60.7 Å². The molecule has 2 aromatic rings. The molecule has 0 spiro atoms. The average Bonchev–Trinajstić information content (AvgIpc) is 3.08. The zero-order valence-corrected chi connectivity index (χ0v) is 14.9. The molecule has 1 saturated heterocycles. The Morgan fingerprint density at radius 1 is 1.12 bits per heavy atom. The number of aliphatic hydroxyl groups excluding tert-OH is 1. The van der Waals surface area contributed by atoms with Crippen molar-refractivity contribution in [3.63, 3.8) is 0 Å². The Hall–Kier alpha value is -2.37. The molecule has 1 aliphatic heterocycles. The summed E-state index contributed by atoms with van der Waals surface area (Å²) in [5.74, 6) is -0.398. The summed E-state index contributed by atoms with van der Waals surface area (Å²) in [5, 5.41) is 10.8. The van der Waals surface area contributed by atoms with Crippen LogP contribution in [-0.4, -0.2) is 35.2 Å².